The molecular weight excluding hydrogens is 380 g/mol. The lowest BCUT2D eigenvalue weighted by molar-refractivity contribution is -0.131. The standard InChI is InChI=1S/C23H20N4O3/c28-22(26-13-14-3-1-9-24-12-14)20-18-7-8-19(30-18)21(20)23(29)27-16-5-6-17-15(11-16)4-2-10-25-17/h1-12,18-21H,13H2,(H,26,28)(H,27,29)/t18-,19+,20-,21-/m0/s1. The molecule has 0 saturated carbocycles. The number of hydrogen-bond donors (Lipinski definition) is 2. The van der Waals surface area contributed by atoms with E-state index in [1.165, 1.54) is 0 Å². The normalized spacial score (nSPS) is 24.1. The predicted octanol–water partition coefficient (Wildman–Crippen LogP) is 2.45. The molecule has 0 unspecified atom stereocenters. The van der Waals surface area contributed by atoms with E-state index in [0.717, 1.165) is 16.5 Å². The van der Waals surface area contributed by atoms with Crippen LogP contribution >= 0.6 is 0 Å². The van der Waals surface area contributed by atoms with Gasteiger partial charge in [-0.1, -0.05) is 24.3 Å². The number of amides is 2. The minimum Gasteiger partial charge on any atom is -0.365 e. The van der Waals surface area contributed by atoms with Gasteiger partial charge in [0.15, 0.2) is 0 Å². The Kier molecular flexibility index (Phi) is 4.72. The number of nitrogens with zero attached hydrogens (tertiary/aromatic N) is 2. The number of pyridine rings is 2. The summed E-state index contributed by atoms with van der Waals surface area (Å²) in [5.74, 6) is -1.58. The zero-order valence-corrected chi connectivity index (χ0v) is 16.1. The average molecular weight is 400 g/mol. The molecule has 0 aliphatic carbocycles. The number of ether oxygens (including phenoxy) is 1. The fraction of sp³-hybridized carbons (Fsp3) is 0.217. The van der Waals surface area contributed by atoms with Crippen LogP contribution < -0.4 is 10.6 Å². The Morgan fingerprint density at radius 1 is 0.967 bits per heavy atom. The second-order valence-electron chi connectivity index (χ2n) is 7.48. The molecule has 5 rings (SSSR count). The van der Waals surface area contributed by atoms with Gasteiger partial charge in [-0.3, -0.25) is 19.6 Å². The Balaban J connectivity index is 1.31. The van der Waals surface area contributed by atoms with Gasteiger partial charge in [0.2, 0.25) is 11.8 Å². The number of nitrogens with one attached hydrogen (secondary N) is 2. The van der Waals surface area contributed by atoms with Crippen molar-refractivity contribution >= 4 is 28.4 Å². The van der Waals surface area contributed by atoms with Gasteiger partial charge in [0.05, 0.1) is 29.6 Å². The lowest BCUT2D eigenvalue weighted by Crippen LogP contribution is -2.44. The van der Waals surface area contributed by atoms with E-state index in [1.54, 1.807) is 18.6 Å². The molecule has 30 heavy (non-hydrogen) atoms. The van der Waals surface area contributed by atoms with Gasteiger partial charge >= 0.3 is 0 Å². The lowest BCUT2D eigenvalue weighted by Gasteiger charge is -2.23. The van der Waals surface area contributed by atoms with Crippen molar-refractivity contribution in [2.75, 3.05) is 5.32 Å². The summed E-state index contributed by atoms with van der Waals surface area (Å²) in [5, 5.41) is 6.80. The monoisotopic (exact) mass is 400 g/mol. The zero-order chi connectivity index (χ0) is 20.5. The summed E-state index contributed by atoms with van der Waals surface area (Å²) in [7, 11) is 0. The second-order valence-corrected chi connectivity index (χ2v) is 7.48. The quantitative estimate of drug-likeness (QED) is 0.642. The molecule has 1 aromatic carbocycles. The van der Waals surface area contributed by atoms with E-state index < -0.39 is 17.9 Å². The van der Waals surface area contributed by atoms with E-state index in [4.69, 9.17) is 4.74 Å². The first-order valence-electron chi connectivity index (χ1n) is 9.85. The Morgan fingerprint density at radius 2 is 1.77 bits per heavy atom. The van der Waals surface area contributed by atoms with Gasteiger partial charge in [-0.25, -0.2) is 0 Å². The number of benzene rings is 1. The molecule has 2 bridgehead atoms. The van der Waals surface area contributed by atoms with Gasteiger partial charge in [0.25, 0.3) is 0 Å². The summed E-state index contributed by atoms with van der Waals surface area (Å²) in [6.45, 7) is 0.357. The predicted molar refractivity (Wildman–Crippen MR) is 111 cm³/mol. The van der Waals surface area contributed by atoms with E-state index in [1.807, 2.05) is 54.6 Å². The molecule has 2 aromatic heterocycles. The molecule has 0 spiro atoms. The average Bonchev–Trinajstić information content (AvgIpc) is 3.40. The van der Waals surface area contributed by atoms with Crippen LogP contribution in [0.3, 0.4) is 0 Å². The van der Waals surface area contributed by atoms with Crippen LogP contribution in [-0.4, -0.2) is 34.0 Å². The van der Waals surface area contributed by atoms with E-state index in [9.17, 15) is 9.59 Å². The number of aromatic nitrogens is 2. The highest BCUT2D eigenvalue weighted by Crippen LogP contribution is 2.40. The van der Waals surface area contributed by atoms with Crippen LogP contribution in [0.25, 0.3) is 10.9 Å². The summed E-state index contributed by atoms with van der Waals surface area (Å²) >= 11 is 0. The van der Waals surface area contributed by atoms with Gasteiger partial charge in [0.1, 0.15) is 0 Å². The minimum atomic E-state index is -0.585. The maximum Gasteiger partial charge on any atom is 0.231 e. The summed E-state index contributed by atoms with van der Waals surface area (Å²) < 4.78 is 5.84. The van der Waals surface area contributed by atoms with Crippen LogP contribution in [0.4, 0.5) is 5.69 Å². The molecular formula is C23H20N4O3. The Hall–Kier alpha value is -3.58. The summed E-state index contributed by atoms with van der Waals surface area (Å²) in [6, 6.07) is 13.1. The molecule has 1 saturated heterocycles. The van der Waals surface area contributed by atoms with Crippen molar-refractivity contribution in [1.82, 2.24) is 15.3 Å². The van der Waals surface area contributed by atoms with Crippen molar-refractivity contribution in [3.8, 4) is 0 Å². The minimum absolute atomic E-state index is 0.196. The van der Waals surface area contributed by atoms with Crippen LogP contribution in [-0.2, 0) is 20.9 Å². The highest BCUT2D eigenvalue weighted by Gasteiger charge is 2.52. The fourth-order valence-electron chi connectivity index (χ4n) is 4.12. The van der Waals surface area contributed by atoms with Crippen molar-refractivity contribution < 1.29 is 14.3 Å². The summed E-state index contributed by atoms with van der Waals surface area (Å²) in [5.41, 5.74) is 2.42. The molecule has 1 fully saturated rings. The fourth-order valence-corrected chi connectivity index (χ4v) is 4.12. The number of rotatable bonds is 5. The van der Waals surface area contributed by atoms with E-state index >= 15 is 0 Å². The van der Waals surface area contributed by atoms with E-state index in [-0.39, 0.29) is 17.9 Å². The number of carbonyl (C=O) groups is 2. The molecule has 7 nitrogen and oxygen atoms in total. The SMILES string of the molecule is O=C(NCc1cccnc1)[C@@H]1[C@@H](C(=O)Nc2ccc3ncccc3c2)[C@H]2C=C[C@@H]1O2. The van der Waals surface area contributed by atoms with Crippen LogP contribution in [0.2, 0.25) is 0 Å². The molecule has 4 heterocycles. The van der Waals surface area contributed by atoms with Gasteiger partial charge in [0, 0.05) is 36.2 Å². The lowest BCUT2D eigenvalue weighted by atomic mass is 9.81. The van der Waals surface area contributed by atoms with Crippen LogP contribution in [0.1, 0.15) is 5.56 Å². The van der Waals surface area contributed by atoms with E-state index in [2.05, 4.69) is 20.6 Å². The Bertz CT molecular complexity index is 1130. The Morgan fingerprint density at radius 3 is 2.57 bits per heavy atom. The number of fused-ring (bicyclic) bond motifs is 3. The highest BCUT2D eigenvalue weighted by atomic mass is 16.5. The van der Waals surface area contributed by atoms with Crippen molar-refractivity contribution in [2.45, 2.75) is 18.8 Å². The van der Waals surface area contributed by atoms with Crippen molar-refractivity contribution in [2.24, 2.45) is 11.8 Å². The molecule has 2 aliphatic rings. The molecule has 4 atom stereocenters. The molecule has 150 valence electrons. The molecule has 0 radical (unpaired) electrons. The third-order valence-electron chi connectivity index (χ3n) is 5.57. The van der Waals surface area contributed by atoms with Crippen LogP contribution in [0.5, 0.6) is 0 Å². The maximum absolute atomic E-state index is 13.1. The molecule has 3 aromatic rings. The van der Waals surface area contributed by atoms with Crippen molar-refractivity contribution in [1.29, 1.82) is 0 Å². The third-order valence-corrected chi connectivity index (χ3v) is 5.57. The van der Waals surface area contributed by atoms with Crippen molar-refractivity contribution in [3.63, 3.8) is 0 Å². The number of anilines is 1. The van der Waals surface area contributed by atoms with Gasteiger partial charge in [-0.05, 0) is 35.9 Å². The smallest absolute Gasteiger partial charge is 0.231 e. The zero-order valence-electron chi connectivity index (χ0n) is 16.1. The van der Waals surface area contributed by atoms with Gasteiger partial charge in [-0.15, -0.1) is 0 Å². The first-order valence-corrected chi connectivity index (χ1v) is 9.85. The summed E-state index contributed by atoms with van der Waals surface area (Å²) in [4.78, 5) is 34.4. The second kappa shape index (κ2) is 7.68. The van der Waals surface area contributed by atoms with Gasteiger partial charge < -0.3 is 15.4 Å². The largest absolute Gasteiger partial charge is 0.365 e. The van der Waals surface area contributed by atoms with Crippen LogP contribution in [0.15, 0.2) is 73.2 Å². The first kappa shape index (κ1) is 18.4. The Labute approximate surface area is 173 Å². The maximum atomic E-state index is 13.1. The first-order chi connectivity index (χ1) is 14.7. The summed E-state index contributed by atoms with van der Waals surface area (Å²) in [6.07, 6.45) is 8.06. The molecule has 2 N–H and O–H groups in total. The third kappa shape index (κ3) is 3.44. The highest BCUT2D eigenvalue weighted by molar-refractivity contribution is 5.99. The molecule has 7 heteroatoms. The molecule has 2 amide bonds. The van der Waals surface area contributed by atoms with Crippen LogP contribution in [0, 0.1) is 11.8 Å². The number of carbonyl (C=O) groups excluding carboxylic acids is 2. The topological polar surface area (TPSA) is 93.2 Å². The number of hydrogen-bond acceptors (Lipinski definition) is 5. The van der Waals surface area contributed by atoms with Gasteiger partial charge in [-0.2, -0.15) is 0 Å². The van der Waals surface area contributed by atoms with Crippen molar-refractivity contribution in [3.05, 3.63) is 78.8 Å². The van der Waals surface area contributed by atoms with E-state index in [0.29, 0.717) is 12.2 Å². The molecule has 2 aliphatic heterocycles.